The number of hydrogen-bond donors (Lipinski definition) is 1. The van der Waals surface area contributed by atoms with Crippen LogP contribution in [0.4, 0.5) is 5.69 Å². The van der Waals surface area contributed by atoms with Gasteiger partial charge in [-0.25, -0.2) is 4.79 Å². The summed E-state index contributed by atoms with van der Waals surface area (Å²) in [4.78, 5) is 11.6. The van der Waals surface area contributed by atoms with Gasteiger partial charge in [0.15, 0.2) is 0 Å². The summed E-state index contributed by atoms with van der Waals surface area (Å²) in [5, 5.41) is 0. The van der Waals surface area contributed by atoms with E-state index in [2.05, 4.69) is 0 Å². The van der Waals surface area contributed by atoms with Crippen molar-refractivity contribution in [1.29, 1.82) is 0 Å². The molecule has 0 atom stereocenters. The van der Waals surface area contributed by atoms with E-state index in [1.54, 1.807) is 25.1 Å². The van der Waals surface area contributed by atoms with Crippen molar-refractivity contribution < 1.29 is 19.0 Å². The highest BCUT2D eigenvalue weighted by molar-refractivity contribution is 5.91. The van der Waals surface area contributed by atoms with Gasteiger partial charge in [-0.3, -0.25) is 0 Å². The Hall–Kier alpha value is -1.75. The van der Waals surface area contributed by atoms with Crippen LogP contribution < -0.4 is 10.5 Å². The number of carbonyl (C=O) groups is 1. The van der Waals surface area contributed by atoms with Crippen LogP contribution in [0.2, 0.25) is 0 Å². The normalized spacial score (nSPS) is 16.1. The molecule has 2 N–H and O–H groups in total. The van der Waals surface area contributed by atoms with Crippen molar-refractivity contribution in [2.75, 3.05) is 25.6 Å². The molecule has 0 bridgehead atoms. The Balaban J connectivity index is 2.04. The summed E-state index contributed by atoms with van der Waals surface area (Å²) in [6, 6.07) is 4.98. The zero-order valence-electron chi connectivity index (χ0n) is 11.1. The maximum Gasteiger partial charge on any atom is 0.338 e. The second kappa shape index (κ2) is 6.43. The van der Waals surface area contributed by atoms with Crippen molar-refractivity contribution in [3.05, 3.63) is 23.8 Å². The van der Waals surface area contributed by atoms with Crippen molar-refractivity contribution in [1.82, 2.24) is 0 Å². The van der Waals surface area contributed by atoms with Crippen LogP contribution in [0.15, 0.2) is 18.2 Å². The van der Waals surface area contributed by atoms with Crippen molar-refractivity contribution in [3.63, 3.8) is 0 Å². The number of hydrogen-bond acceptors (Lipinski definition) is 5. The molecule has 0 saturated carbocycles. The van der Waals surface area contributed by atoms with Crippen molar-refractivity contribution in [2.24, 2.45) is 0 Å². The van der Waals surface area contributed by atoms with Gasteiger partial charge in [0, 0.05) is 12.8 Å². The van der Waals surface area contributed by atoms with E-state index < -0.39 is 0 Å². The third kappa shape index (κ3) is 3.61. The van der Waals surface area contributed by atoms with E-state index in [4.69, 9.17) is 19.9 Å². The lowest BCUT2D eigenvalue weighted by Gasteiger charge is -2.24. The van der Waals surface area contributed by atoms with Crippen molar-refractivity contribution in [2.45, 2.75) is 25.9 Å². The second-order valence-corrected chi connectivity index (χ2v) is 4.40. The number of nitrogen functional groups attached to an aromatic ring is 1. The first kappa shape index (κ1) is 13.7. The number of benzene rings is 1. The lowest BCUT2D eigenvalue weighted by molar-refractivity contribution is 0.0258. The Morgan fingerprint density at radius 2 is 2.16 bits per heavy atom. The molecule has 1 aliphatic heterocycles. The van der Waals surface area contributed by atoms with Crippen LogP contribution in [0.5, 0.6) is 5.75 Å². The molecule has 0 aromatic heterocycles. The lowest BCUT2D eigenvalue weighted by Crippen LogP contribution is -2.26. The van der Waals surface area contributed by atoms with Gasteiger partial charge in [-0.15, -0.1) is 0 Å². The summed E-state index contributed by atoms with van der Waals surface area (Å²) in [7, 11) is 0. The summed E-state index contributed by atoms with van der Waals surface area (Å²) in [6.45, 7) is 3.54. The first-order chi connectivity index (χ1) is 9.20. The van der Waals surface area contributed by atoms with Gasteiger partial charge in [0.05, 0.1) is 31.1 Å². The number of esters is 1. The predicted octanol–water partition coefficient (Wildman–Crippen LogP) is 2.00. The van der Waals surface area contributed by atoms with Gasteiger partial charge in [0.1, 0.15) is 11.9 Å². The first-order valence-corrected chi connectivity index (χ1v) is 6.51. The molecular weight excluding hydrogens is 246 g/mol. The molecule has 0 spiro atoms. The standard InChI is InChI=1S/C14H19NO4/c1-2-18-14(16)10-3-4-13(12(15)9-10)19-11-5-7-17-8-6-11/h3-4,9,11H,2,5-8,15H2,1H3. The molecule has 104 valence electrons. The Bertz CT molecular complexity index is 441. The van der Waals surface area contributed by atoms with Gasteiger partial charge in [-0.2, -0.15) is 0 Å². The molecule has 19 heavy (non-hydrogen) atoms. The van der Waals surface area contributed by atoms with Crippen molar-refractivity contribution >= 4 is 11.7 Å². The third-order valence-corrected chi connectivity index (χ3v) is 2.98. The van der Waals surface area contributed by atoms with E-state index >= 15 is 0 Å². The van der Waals surface area contributed by atoms with Gasteiger partial charge in [-0.05, 0) is 25.1 Å². The average Bonchev–Trinajstić information content (AvgIpc) is 2.42. The molecule has 0 radical (unpaired) electrons. The third-order valence-electron chi connectivity index (χ3n) is 2.98. The first-order valence-electron chi connectivity index (χ1n) is 6.51. The highest BCUT2D eigenvalue weighted by Gasteiger charge is 2.17. The summed E-state index contributed by atoms with van der Waals surface area (Å²) >= 11 is 0. The molecule has 5 nitrogen and oxygen atoms in total. The Morgan fingerprint density at radius 3 is 2.79 bits per heavy atom. The molecule has 1 saturated heterocycles. The van der Waals surface area contributed by atoms with E-state index in [0.29, 0.717) is 36.8 Å². The van der Waals surface area contributed by atoms with Crippen LogP contribution >= 0.6 is 0 Å². The van der Waals surface area contributed by atoms with Gasteiger partial charge >= 0.3 is 5.97 Å². The van der Waals surface area contributed by atoms with E-state index in [1.165, 1.54) is 0 Å². The fourth-order valence-corrected chi connectivity index (χ4v) is 1.97. The van der Waals surface area contributed by atoms with Crippen LogP contribution in [-0.4, -0.2) is 31.9 Å². The molecule has 1 aromatic rings. The summed E-state index contributed by atoms with van der Waals surface area (Å²) < 4.78 is 16.0. The maximum atomic E-state index is 11.6. The molecule has 1 aliphatic rings. The quantitative estimate of drug-likeness (QED) is 0.666. The zero-order valence-corrected chi connectivity index (χ0v) is 11.1. The lowest BCUT2D eigenvalue weighted by atomic mass is 10.1. The predicted molar refractivity (Wildman–Crippen MR) is 71.3 cm³/mol. The minimum Gasteiger partial charge on any atom is -0.488 e. The molecule has 2 rings (SSSR count). The zero-order chi connectivity index (χ0) is 13.7. The number of nitrogens with two attached hydrogens (primary N) is 1. The van der Waals surface area contributed by atoms with Crippen LogP contribution in [0.1, 0.15) is 30.1 Å². The maximum absolute atomic E-state index is 11.6. The number of rotatable bonds is 4. The number of anilines is 1. The Morgan fingerprint density at radius 1 is 1.42 bits per heavy atom. The fraction of sp³-hybridized carbons (Fsp3) is 0.500. The molecule has 0 amide bonds. The Labute approximate surface area is 112 Å². The van der Waals surface area contributed by atoms with Crippen LogP contribution in [0, 0.1) is 0 Å². The molecule has 1 heterocycles. The van der Waals surface area contributed by atoms with Gasteiger partial charge < -0.3 is 19.9 Å². The molecule has 1 aromatic carbocycles. The molecular formula is C14H19NO4. The fourth-order valence-electron chi connectivity index (χ4n) is 1.97. The minimum absolute atomic E-state index is 0.129. The van der Waals surface area contributed by atoms with Crippen LogP contribution in [-0.2, 0) is 9.47 Å². The molecule has 0 aliphatic carbocycles. The summed E-state index contributed by atoms with van der Waals surface area (Å²) in [5.41, 5.74) is 6.81. The van der Waals surface area contributed by atoms with Crippen LogP contribution in [0.3, 0.4) is 0 Å². The average molecular weight is 265 g/mol. The molecule has 0 unspecified atom stereocenters. The smallest absolute Gasteiger partial charge is 0.338 e. The summed E-state index contributed by atoms with van der Waals surface area (Å²) in [5.74, 6) is 0.242. The van der Waals surface area contributed by atoms with Crippen molar-refractivity contribution in [3.8, 4) is 5.75 Å². The molecule has 1 fully saturated rings. The van der Waals surface area contributed by atoms with Gasteiger partial charge in [-0.1, -0.05) is 0 Å². The van der Waals surface area contributed by atoms with Gasteiger partial charge in [0.25, 0.3) is 0 Å². The van der Waals surface area contributed by atoms with Crippen LogP contribution in [0.25, 0.3) is 0 Å². The number of carbonyl (C=O) groups excluding carboxylic acids is 1. The SMILES string of the molecule is CCOC(=O)c1ccc(OC2CCOCC2)c(N)c1. The highest BCUT2D eigenvalue weighted by atomic mass is 16.5. The minimum atomic E-state index is -0.369. The topological polar surface area (TPSA) is 70.8 Å². The highest BCUT2D eigenvalue weighted by Crippen LogP contribution is 2.26. The van der Waals surface area contributed by atoms with Gasteiger partial charge in [0.2, 0.25) is 0 Å². The van der Waals surface area contributed by atoms with E-state index in [-0.39, 0.29) is 12.1 Å². The van der Waals surface area contributed by atoms with E-state index in [0.717, 1.165) is 12.8 Å². The largest absolute Gasteiger partial charge is 0.488 e. The number of ether oxygens (including phenoxy) is 3. The molecule has 5 heteroatoms. The van der Waals surface area contributed by atoms with E-state index in [9.17, 15) is 4.79 Å². The second-order valence-electron chi connectivity index (χ2n) is 4.40. The Kier molecular flexibility index (Phi) is 4.63. The monoisotopic (exact) mass is 265 g/mol. The van der Waals surface area contributed by atoms with E-state index in [1.807, 2.05) is 0 Å². The summed E-state index contributed by atoms with van der Waals surface area (Å²) in [6.07, 6.45) is 1.85.